The van der Waals surface area contributed by atoms with Gasteiger partial charge < -0.3 is 9.88 Å². The first-order chi connectivity index (χ1) is 8.09. The van der Waals surface area contributed by atoms with Gasteiger partial charge in [-0.2, -0.15) is 0 Å². The molecule has 1 aliphatic rings. The van der Waals surface area contributed by atoms with Gasteiger partial charge in [-0.15, -0.1) is 0 Å². The van der Waals surface area contributed by atoms with Crippen molar-refractivity contribution in [2.75, 3.05) is 6.54 Å². The summed E-state index contributed by atoms with van der Waals surface area (Å²) in [5, 5.41) is 3.75. The van der Waals surface area contributed by atoms with Crippen LogP contribution in [0.5, 0.6) is 0 Å². The van der Waals surface area contributed by atoms with Gasteiger partial charge in [0.05, 0.1) is 5.52 Å². The number of hydrogen-bond donors (Lipinski definition) is 1. The molecule has 88 valence electrons. The molecule has 3 rings (SSSR count). The smallest absolute Gasteiger partial charge is 0.268 e. The maximum atomic E-state index is 13.6. The maximum absolute atomic E-state index is 13.6. The molecule has 0 saturated carbocycles. The molecular formula is C13H13FN2O. The van der Waals surface area contributed by atoms with Crippen molar-refractivity contribution in [3.8, 4) is 0 Å². The van der Waals surface area contributed by atoms with Gasteiger partial charge in [0, 0.05) is 23.5 Å². The highest BCUT2D eigenvalue weighted by Gasteiger charge is 2.25. The Kier molecular flexibility index (Phi) is 2.02. The molecule has 0 saturated heterocycles. The summed E-state index contributed by atoms with van der Waals surface area (Å²) in [4.78, 5) is 11.8. The van der Waals surface area contributed by atoms with E-state index in [2.05, 4.69) is 5.32 Å². The lowest BCUT2D eigenvalue weighted by molar-refractivity contribution is 0.0919. The zero-order valence-corrected chi connectivity index (χ0v) is 9.75. The number of fused-ring (bicyclic) bond motifs is 3. The molecule has 0 aliphatic carbocycles. The molecule has 4 heteroatoms. The summed E-state index contributed by atoms with van der Waals surface area (Å²) < 4.78 is 15.5. The average molecular weight is 232 g/mol. The van der Waals surface area contributed by atoms with Crippen molar-refractivity contribution in [1.82, 2.24) is 9.88 Å². The maximum Gasteiger partial charge on any atom is 0.268 e. The third-order valence-corrected chi connectivity index (χ3v) is 3.42. The van der Waals surface area contributed by atoms with Crippen LogP contribution >= 0.6 is 0 Å². The van der Waals surface area contributed by atoms with Crippen LogP contribution in [-0.2, 0) is 0 Å². The number of nitrogens with zero attached hydrogens (tertiary/aromatic N) is 1. The molecule has 0 radical (unpaired) electrons. The van der Waals surface area contributed by atoms with Gasteiger partial charge in [0.1, 0.15) is 11.5 Å². The van der Waals surface area contributed by atoms with Gasteiger partial charge in [-0.25, -0.2) is 4.39 Å². The van der Waals surface area contributed by atoms with Crippen molar-refractivity contribution in [2.24, 2.45) is 0 Å². The van der Waals surface area contributed by atoms with Crippen molar-refractivity contribution in [3.05, 3.63) is 35.3 Å². The van der Waals surface area contributed by atoms with Crippen LogP contribution in [0.1, 0.15) is 29.0 Å². The zero-order chi connectivity index (χ0) is 12.2. The third kappa shape index (κ3) is 1.30. The van der Waals surface area contributed by atoms with E-state index in [0.717, 1.165) is 10.9 Å². The molecule has 0 fully saturated rings. The molecule has 3 nitrogen and oxygen atoms in total. The molecule has 0 bridgehead atoms. The highest BCUT2D eigenvalue weighted by Crippen LogP contribution is 2.29. The minimum atomic E-state index is -0.225. The highest BCUT2D eigenvalue weighted by atomic mass is 19.1. The van der Waals surface area contributed by atoms with Gasteiger partial charge in [-0.05, 0) is 32.0 Å². The summed E-state index contributed by atoms with van der Waals surface area (Å²) in [5.74, 6) is -0.310. The van der Waals surface area contributed by atoms with E-state index in [-0.39, 0.29) is 17.8 Å². The third-order valence-electron chi connectivity index (χ3n) is 3.42. The lowest BCUT2D eigenvalue weighted by Gasteiger charge is -2.24. The fourth-order valence-corrected chi connectivity index (χ4v) is 2.53. The number of nitrogens with one attached hydrogen (secondary N) is 1. The molecule has 2 aromatic rings. The summed E-state index contributed by atoms with van der Waals surface area (Å²) in [6.07, 6.45) is 0. The Balaban J connectivity index is 2.44. The summed E-state index contributed by atoms with van der Waals surface area (Å²) >= 11 is 0. The quantitative estimate of drug-likeness (QED) is 0.743. The first-order valence-corrected chi connectivity index (χ1v) is 5.68. The number of amides is 1. The van der Waals surface area contributed by atoms with E-state index in [9.17, 15) is 9.18 Å². The van der Waals surface area contributed by atoms with Crippen molar-refractivity contribution < 1.29 is 9.18 Å². The number of carbonyl (C=O) groups is 1. The SMILES string of the molecule is Cc1c(F)ccc2cc3n(c12)C(C)CNC3=O. The largest absolute Gasteiger partial charge is 0.349 e. The van der Waals surface area contributed by atoms with Crippen LogP contribution in [0.3, 0.4) is 0 Å². The molecule has 1 aliphatic heterocycles. The monoisotopic (exact) mass is 232 g/mol. The van der Waals surface area contributed by atoms with Gasteiger partial charge in [0.25, 0.3) is 5.91 Å². The number of aryl methyl sites for hydroxylation is 1. The van der Waals surface area contributed by atoms with Gasteiger partial charge in [0.2, 0.25) is 0 Å². The number of benzene rings is 1. The Morgan fingerprint density at radius 1 is 1.47 bits per heavy atom. The van der Waals surface area contributed by atoms with E-state index in [1.165, 1.54) is 6.07 Å². The fourth-order valence-electron chi connectivity index (χ4n) is 2.53. The Bertz CT molecular complexity index is 630. The van der Waals surface area contributed by atoms with Crippen LogP contribution in [0.4, 0.5) is 4.39 Å². The van der Waals surface area contributed by atoms with Crippen molar-refractivity contribution >= 4 is 16.8 Å². The van der Waals surface area contributed by atoms with Crippen LogP contribution in [0.15, 0.2) is 18.2 Å². The second-order valence-corrected chi connectivity index (χ2v) is 4.57. The van der Waals surface area contributed by atoms with Gasteiger partial charge in [-0.3, -0.25) is 4.79 Å². The molecule has 1 unspecified atom stereocenters. The molecular weight excluding hydrogens is 219 g/mol. The van der Waals surface area contributed by atoms with Gasteiger partial charge >= 0.3 is 0 Å². The van der Waals surface area contributed by atoms with Crippen LogP contribution in [-0.4, -0.2) is 17.0 Å². The van der Waals surface area contributed by atoms with Crippen molar-refractivity contribution in [2.45, 2.75) is 19.9 Å². The summed E-state index contributed by atoms with van der Waals surface area (Å²) in [5.41, 5.74) is 2.06. The summed E-state index contributed by atoms with van der Waals surface area (Å²) in [7, 11) is 0. The Morgan fingerprint density at radius 3 is 3.00 bits per heavy atom. The van der Waals surface area contributed by atoms with Crippen LogP contribution < -0.4 is 5.32 Å². The minimum Gasteiger partial charge on any atom is -0.349 e. The average Bonchev–Trinajstić information content (AvgIpc) is 2.70. The summed E-state index contributed by atoms with van der Waals surface area (Å²) in [6.45, 7) is 4.36. The van der Waals surface area contributed by atoms with E-state index >= 15 is 0 Å². The lowest BCUT2D eigenvalue weighted by atomic mass is 10.1. The van der Waals surface area contributed by atoms with E-state index in [0.29, 0.717) is 17.8 Å². The number of aromatic nitrogens is 1. The Morgan fingerprint density at radius 2 is 2.24 bits per heavy atom. The highest BCUT2D eigenvalue weighted by molar-refractivity contribution is 6.00. The predicted octanol–water partition coefficient (Wildman–Crippen LogP) is 2.39. The summed E-state index contributed by atoms with van der Waals surface area (Å²) in [6, 6.07) is 5.16. The fraction of sp³-hybridized carbons (Fsp3) is 0.308. The van der Waals surface area contributed by atoms with Crippen LogP contribution in [0.25, 0.3) is 10.9 Å². The lowest BCUT2D eigenvalue weighted by Crippen LogP contribution is -2.37. The van der Waals surface area contributed by atoms with E-state index in [1.54, 1.807) is 13.0 Å². The van der Waals surface area contributed by atoms with Crippen molar-refractivity contribution in [1.29, 1.82) is 0 Å². The van der Waals surface area contributed by atoms with Gasteiger partial charge in [0.15, 0.2) is 0 Å². The van der Waals surface area contributed by atoms with Crippen LogP contribution in [0, 0.1) is 12.7 Å². The van der Waals surface area contributed by atoms with E-state index in [4.69, 9.17) is 0 Å². The van der Waals surface area contributed by atoms with Crippen LogP contribution in [0.2, 0.25) is 0 Å². The predicted molar refractivity (Wildman–Crippen MR) is 63.7 cm³/mol. The Hall–Kier alpha value is -1.84. The standard InChI is InChI=1S/C13H13FN2O/c1-7-6-15-13(17)11-5-9-3-4-10(14)8(2)12(9)16(7)11/h3-5,7H,6H2,1-2H3,(H,15,17). The first kappa shape index (κ1) is 10.3. The molecule has 1 amide bonds. The first-order valence-electron chi connectivity index (χ1n) is 5.68. The van der Waals surface area contributed by atoms with Gasteiger partial charge in [-0.1, -0.05) is 0 Å². The molecule has 17 heavy (non-hydrogen) atoms. The molecule has 1 aromatic heterocycles. The van der Waals surface area contributed by atoms with Crippen molar-refractivity contribution in [3.63, 3.8) is 0 Å². The number of hydrogen-bond acceptors (Lipinski definition) is 1. The molecule has 1 N–H and O–H groups in total. The number of halogens is 1. The second kappa shape index (κ2) is 3.32. The molecule has 2 heterocycles. The molecule has 1 atom stereocenters. The Labute approximate surface area is 98.2 Å². The molecule has 0 spiro atoms. The topological polar surface area (TPSA) is 34.0 Å². The minimum absolute atomic E-state index is 0.0842. The number of rotatable bonds is 0. The second-order valence-electron chi connectivity index (χ2n) is 4.57. The zero-order valence-electron chi connectivity index (χ0n) is 9.75. The van der Waals surface area contributed by atoms with E-state index in [1.807, 2.05) is 17.6 Å². The normalized spacial score (nSPS) is 19.2. The number of carbonyl (C=O) groups excluding carboxylic acids is 1. The molecule has 1 aromatic carbocycles. The van der Waals surface area contributed by atoms with E-state index < -0.39 is 0 Å².